The molecule has 0 saturated carbocycles. The largest absolute Gasteiger partial charge is 0.330 e. The number of fused-ring (bicyclic) bond motifs is 1. The quantitative estimate of drug-likeness (QED) is 0.805. The van der Waals surface area contributed by atoms with Gasteiger partial charge in [-0.25, -0.2) is 13.4 Å². The Hall–Kier alpha value is -1.21. The molecular formula is C16H24ClN3O2S. The Labute approximate surface area is 143 Å². The zero-order valence-corrected chi connectivity index (χ0v) is 15.4. The van der Waals surface area contributed by atoms with Gasteiger partial charge in [0.25, 0.3) is 0 Å². The van der Waals surface area contributed by atoms with Crippen LogP contribution < -0.4 is 5.73 Å². The number of sulfonamides is 1. The molecule has 1 heterocycles. The fraction of sp³-hybridized carbons (Fsp3) is 0.438. The Morgan fingerprint density at radius 2 is 1.91 bits per heavy atom. The topological polar surface area (TPSA) is 76.3 Å². The molecule has 0 aliphatic heterocycles. The number of rotatable bonds is 6. The van der Waals surface area contributed by atoms with Crippen molar-refractivity contribution in [3.8, 4) is 0 Å². The van der Waals surface area contributed by atoms with Gasteiger partial charge in [-0.2, -0.15) is 4.31 Å². The Balaban J connectivity index is 0.00000127. The normalized spacial score (nSPS) is 11.4. The molecule has 1 aromatic carbocycles. The van der Waals surface area contributed by atoms with E-state index in [0.717, 1.165) is 0 Å². The summed E-state index contributed by atoms with van der Waals surface area (Å²) in [6.07, 6.45) is 2.14. The van der Waals surface area contributed by atoms with Gasteiger partial charge in [-0.3, -0.25) is 0 Å². The van der Waals surface area contributed by atoms with Crippen molar-refractivity contribution in [1.82, 2.24) is 9.29 Å². The van der Waals surface area contributed by atoms with E-state index in [1.807, 2.05) is 20.8 Å². The lowest BCUT2D eigenvalue weighted by Crippen LogP contribution is -2.33. The predicted molar refractivity (Wildman–Crippen MR) is 96.2 cm³/mol. The van der Waals surface area contributed by atoms with Gasteiger partial charge in [0, 0.05) is 30.1 Å². The van der Waals surface area contributed by atoms with Crippen LogP contribution in [0.5, 0.6) is 0 Å². The van der Waals surface area contributed by atoms with Crippen LogP contribution in [0, 0.1) is 0 Å². The zero-order valence-electron chi connectivity index (χ0n) is 13.8. The fourth-order valence-corrected chi connectivity index (χ4v) is 4.14. The first-order valence-electron chi connectivity index (χ1n) is 7.75. The minimum atomic E-state index is -3.58. The van der Waals surface area contributed by atoms with Crippen molar-refractivity contribution in [3.63, 3.8) is 0 Å². The Morgan fingerprint density at radius 3 is 2.52 bits per heavy atom. The lowest BCUT2D eigenvalue weighted by molar-refractivity contribution is 0.423. The van der Waals surface area contributed by atoms with Crippen molar-refractivity contribution in [1.29, 1.82) is 0 Å². The summed E-state index contributed by atoms with van der Waals surface area (Å²) < 4.78 is 27.1. The first-order chi connectivity index (χ1) is 11.0. The van der Waals surface area contributed by atoms with Crippen LogP contribution in [-0.2, 0) is 10.0 Å². The van der Waals surface area contributed by atoms with Gasteiger partial charge in [-0.15, -0.1) is 0 Å². The summed E-state index contributed by atoms with van der Waals surface area (Å²) in [5.41, 5.74) is 5.48. The summed E-state index contributed by atoms with van der Waals surface area (Å²) in [6, 6.07) is 6.71. The van der Waals surface area contributed by atoms with E-state index in [4.69, 9.17) is 17.3 Å². The number of hydrogen-bond donors (Lipinski definition) is 1. The van der Waals surface area contributed by atoms with E-state index < -0.39 is 10.0 Å². The predicted octanol–water partition coefficient (Wildman–Crippen LogP) is 3.27. The Bertz CT molecular complexity index is 735. The van der Waals surface area contributed by atoms with Crippen LogP contribution in [0.15, 0.2) is 35.4 Å². The first-order valence-corrected chi connectivity index (χ1v) is 9.57. The van der Waals surface area contributed by atoms with Gasteiger partial charge in [-0.1, -0.05) is 44.5 Å². The lowest BCUT2D eigenvalue weighted by atomic mass is 10.2. The molecule has 7 heteroatoms. The van der Waals surface area contributed by atoms with E-state index in [2.05, 4.69) is 4.98 Å². The van der Waals surface area contributed by atoms with E-state index in [1.54, 1.807) is 24.3 Å². The van der Waals surface area contributed by atoms with Crippen molar-refractivity contribution in [2.45, 2.75) is 32.1 Å². The summed E-state index contributed by atoms with van der Waals surface area (Å²) in [6.45, 7) is 7.08. The van der Waals surface area contributed by atoms with Gasteiger partial charge >= 0.3 is 0 Å². The monoisotopic (exact) mass is 357 g/mol. The van der Waals surface area contributed by atoms with Crippen LogP contribution in [0.1, 0.15) is 27.2 Å². The van der Waals surface area contributed by atoms with Crippen molar-refractivity contribution in [2.24, 2.45) is 5.73 Å². The molecule has 2 aromatic rings. The molecule has 0 saturated heterocycles. The second-order valence-electron chi connectivity index (χ2n) is 4.59. The van der Waals surface area contributed by atoms with E-state index >= 15 is 0 Å². The average molecular weight is 358 g/mol. The van der Waals surface area contributed by atoms with Crippen LogP contribution in [-0.4, -0.2) is 37.3 Å². The number of nitrogens with zero attached hydrogens (tertiary/aromatic N) is 2. The number of nitrogens with two attached hydrogens (primary N) is 1. The molecule has 2 N–H and O–H groups in total. The summed E-state index contributed by atoms with van der Waals surface area (Å²) in [4.78, 5) is 4.24. The maximum Gasteiger partial charge on any atom is 0.243 e. The molecule has 0 unspecified atom stereocenters. The Morgan fingerprint density at radius 1 is 1.22 bits per heavy atom. The highest BCUT2D eigenvalue weighted by Gasteiger charge is 2.24. The van der Waals surface area contributed by atoms with Gasteiger partial charge in [0.1, 0.15) is 5.15 Å². The van der Waals surface area contributed by atoms with Gasteiger partial charge in [-0.05, 0) is 25.1 Å². The SMILES string of the molecule is CC.CCN(CCCN)S(=O)(=O)c1cccc2c(Cl)nccc12. The molecule has 0 radical (unpaired) electrons. The molecule has 5 nitrogen and oxygen atoms in total. The summed E-state index contributed by atoms with van der Waals surface area (Å²) >= 11 is 6.04. The van der Waals surface area contributed by atoms with Gasteiger partial charge < -0.3 is 5.73 Å². The molecule has 0 amide bonds. The van der Waals surface area contributed by atoms with Crippen LogP contribution in [0.2, 0.25) is 5.15 Å². The number of benzene rings is 1. The van der Waals surface area contributed by atoms with Crippen molar-refractivity contribution in [3.05, 3.63) is 35.6 Å². The summed E-state index contributed by atoms with van der Waals surface area (Å²) in [5, 5.41) is 1.52. The highest BCUT2D eigenvalue weighted by atomic mass is 35.5. The highest BCUT2D eigenvalue weighted by molar-refractivity contribution is 7.89. The molecule has 23 heavy (non-hydrogen) atoms. The molecule has 128 valence electrons. The molecular weight excluding hydrogens is 334 g/mol. The smallest absolute Gasteiger partial charge is 0.243 e. The molecule has 0 spiro atoms. The minimum Gasteiger partial charge on any atom is -0.330 e. The highest BCUT2D eigenvalue weighted by Crippen LogP contribution is 2.28. The molecule has 0 aliphatic carbocycles. The van der Waals surface area contributed by atoms with Gasteiger partial charge in [0.05, 0.1) is 4.90 Å². The van der Waals surface area contributed by atoms with E-state index in [0.29, 0.717) is 42.0 Å². The second kappa shape index (κ2) is 9.17. The standard InChI is InChI=1S/C14H18ClN3O2S.C2H6/c1-2-18(10-4-8-16)21(19,20)13-6-3-5-12-11(13)7-9-17-14(12)15;1-2/h3,5-7,9H,2,4,8,10,16H2,1H3;1-2H3. The fourth-order valence-electron chi connectivity index (χ4n) is 2.22. The van der Waals surface area contributed by atoms with Crippen LogP contribution in [0.4, 0.5) is 0 Å². The third-order valence-electron chi connectivity index (χ3n) is 3.30. The lowest BCUT2D eigenvalue weighted by Gasteiger charge is -2.21. The van der Waals surface area contributed by atoms with E-state index in [1.165, 1.54) is 10.5 Å². The molecule has 0 atom stereocenters. The molecule has 0 aliphatic rings. The molecule has 2 rings (SSSR count). The number of aromatic nitrogens is 1. The maximum atomic E-state index is 12.8. The van der Waals surface area contributed by atoms with E-state index in [9.17, 15) is 8.42 Å². The number of halogens is 1. The van der Waals surface area contributed by atoms with Crippen LogP contribution in [0.3, 0.4) is 0 Å². The zero-order chi connectivity index (χ0) is 17.5. The third kappa shape index (κ3) is 4.41. The van der Waals surface area contributed by atoms with Gasteiger partial charge in [0.2, 0.25) is 10.0 Å². The molecule has 0 bridgehead atoms. The second-order valence-corrected chi connectivity index (χ2v) is 6.86. The van der Waals surface area contributed by atoms with Crippen LogP contribution >= 0.6 is 11.6 Å². The van der Waals surface area contributed by atoms with Gasteiger partial charge in [0.15, 0.2) is 0 Å². The molecule has 1 aromatic heterocycles. The van der Waals surface area contributed by atoms with Crippen molar-refractivity contribution >= 4 is 32.4 Å². The minimum absolute atomic E-state index is 0.253. The maximum absolute atomic E-state index is 12.8. The van der Waals surface area contributed by atoms with Crippen LogP contribution in [0.25, 0.3) is 10.8 Å². The van der Waals surface area contributed by atoms with Crippen molar-refractivity contribution in [2.75, 3.05) is 19.6 Å². The third-order valence-corrected chi connectivity index (χ3v) is 5.63. The molecule has 0 fully saturated rings. The number of pyridine rings is 1. The first kappa shape index (κ1) is 19.8. The summed E-state index contributed by atoms with van der Waals surface area (Å²) in [5.74, 6) is 0. The van der Waals surface area contributed by atoms with Crippen molar-refractivity contribution < 1.29 is 8.42 Å². The van der Waals surface area contributed by atoms with E-state index in [-0.39, 0.29) is 4.90 Å². The Kier molecular flexibility index (Phi) is 7.91. The summed E-state index contributed by atoms with van der Waals surface area (Å²) in [7, 11) is -3.58. The average Bonchev–Trinajstić information content (AvgIpc) is 2.57. The number of hydrogen-bond acceptors (Lipinski definition) is 4.